The maximum Gasteiger partial charge on any atom is 0.416 e. The molecule has 3 aliphatic rings. The average Bonchev–Trinajstić information content (AvgIpc) is 3.28. The highest BCUT2D eigenvalue weighted by atomic mass is 19.4. The molecule has 2 saturated heterocycles. The highest BCUT2D eigenvalue weighted by Gasteiger charge is 2.56. The van der Waals surface area contributed by atoms with Gasteiger partial charge in [0.1, 0.15) is 0 Å². The molecule has 2 aliphatic heterocycles. The third-order valence-corrected chi connectivity index (χ3v) is 8.04. The van der Waals surface area contributed by atoms with E-state index in [0.717, 1.165) is 6.42 Å². The minimum absolute atomic E-state index is 0.0305. The van der Waals surface area contributed by atoms with Gasteiger partial charge in [-0.25, -0.2) is 0 Å². The second-order valence-electron chi connectivity index (χ2n) is 10.7. The van der Waals surface area contributed by atoms with Crippen LogP contribution in [0.15, 0.2) is 18.2 Å². The molecule has 6 nitrogen and oxygen atoms in total. The summed E-state index contributed by atoms with van der Waals surface area (Å²) in [5.41, 5.74) is -5.94. The van der Waals surface area contributed by atoms with Gasteiger partial charge < -0.3 is 19.9 Å². The second kappa shape index (κ2) is 10.0. The van der Waals surface area contributed by atoms with Gasteiger partial charge in [0.15, 0.2) is 0 Å². The summed E-state index contributed by atoms with van der Waals surface area (Å²) in [6.07, 6.45) is -8.00. The average molecular weight is 539 g/mol. The lowest BCUT2D eigenvalue weighted by Gasteiger charge is -2.47. The molecular formula is C25H32F6N2O4. The summed E-state index contributed by atoms with van der Waals surface area (Å²) < 4.78 is 90.7. The van der Waals surface area contributed by atoms with Crippen LogP contribution in [0.5, 0.6) is 0 Å². The molecular weight excluding hydrogens is 506 g/mol. The minimum atomic E-state index is -4.98. The van der Waals surface area contributed by atoms with Crippen LogP contribution >= 0.6 is 0 Å². The van der Waals surface area contributed by atoms with Gasteiger partial charge in [-0.3, -0.25) is 9.69 Å². The van der Waals surface area contributed by atoms with Gasteiger partial charge in [0.2, 0.25) is 5.91 Å². The standard InChI is InChI=1S/C25H32F6N2O4/c1-22(2,35)23(5-3-18(12-23)33-6-8-37-20-14-36-7-4-19(20)33)21(34)32-13-15-9-16(24(26,27)28)11-17(10-15)25(29,30)31/h9-11,18-20,35H,3-8,12-14H2,1-2H3,(H,32,34)/t18?,19?,20?,23-/m1/s1. The zero-order valence-corrected chi connectivity index (χ0v) is 20.7. The van der Waals surface area contributed by atoms with Crippen LogP contribution in [0.3, 0.4) is 0 Å². The molecule has 1 aliphatic carbocycles. The molecule has 208 valence electrons. The second-order valence-corrected chi connectivity index (χ2v) is 10.7. The van der Waals surface area contributed by atoms with E-state index in [0.29, 0.717) is 57.8 Å². The molecule has 2 heterocycles. The van der Waals surface area contributed by atoms with Gasteiger partial charge in [-0.1, -0.05) is 0 Å². The number of amides is 1. The summed E-state index contributed by atoms with van der Waals surface area (Å²) >= 11 is 0. The Morgan fingerprint density at radius 3 is 2.32 bits per heavy atom. The number of halogens is 6. The van der Waals surface area contributed by atoms with Crippen molar-refractivity contribution in [3.63, 3.8) is 0 Å². The molecule has 1 amide bonds. The summed E-state index contributed by atoms with van der Waals surface area (Å²) in [6.45, 7) is 4.76. The number of ether oxygens (including phenoxy) is 2. The third kappa shape index (κ3) is 5.76. The number of carbonyl (C=O) groups excluding carboxylic acids is 1. The fourth-order valence-corrected chi connectivity index (χ4v) is 5.98. The number of nitrogens with one attached hydrogen (secondary N) is 1. The number of rotatable bonds is 5. The normalized spacial score (nSPS) is 29.7. The Kier molecular flexibility index (Phi) is 7.61. The molecule has 0 radical (unpaired) electrons. The zero-order chi connectivity index (χ0) is 27.2. The topological polar surface area (TPSA) is 71.0 Å². The first-order chi connectivity index (χ1) is 17.1. The fraction of sp³-hybridized carbons (Fsp3) is 0.720. The monoisotopic (exact) mass is 538 g/mol. The first kappa shape index (κ1) is 28.1. The number of morpholine rings is 1. The number of hydrogen-bond donors (Lipinski definition) is 2. The Bertz CT molecular complexity index is 959. The molecule has 37 heavy (non-hydrogen) atoms. The lowest BCUT2D eigenvalue weighted by atomic mass is 9.71. The van der Waals surface area contributed by atoms with Gasteiger partial charge in [-0.2, -0.15) is 26.3 Å². The van der Waals surface area contributed by atoms with E-state index in [1.165, 1.54) is 13.8 Å². The highest BCUT2D eigenvalue weighted by Crippen LogP contribution is 2.49. The Labute approximate surface area is 211 Å². The molecule has 0 spiro atoms. The predicted molar refractivity (Wildman–Crippen MR) is 120 cm³/mol. The number of nitrogens with zero attached hydrogens (tertiary/aromatic N) is 1. The highest BCUT2D eigenvalue weighted by molar-refractivity contribution is 5.84. The van der Waals surface area contributed by atoms with Crippen LogP contribution in [0.25, 0.3) is 0 Å². The Morgan fingerprint density at radius 1 is 1.08 bits per heavy atom. The molecule has 1 aromatic rings. The maximum atomic E-state index is 13.5. The van der Waals surface area contributed by atoms with Gasteiger partial charge in [0.05, 0.1) is 41.5 Å². The van der Waals surface area contributed by atoms with Gasteiger partial charge in [0, 0.05) is 31.8 Å². The molecule has 4 atom stereocenters. The Balaban J connectivity index is 1.53. The number of carbonyl (C=O) groups is 1. The molecule has 2 N–H and O–H groups in total. The lowest BCUT2D eigenvalue weighted by Crippen LogP contribution is -2.59. The van der Waals surface area contributed by atoms with Crippen molar-refractivity contribution in [3.05, 3.63) is 34.9 Å². The van der Waals surface area contributed by atoms with Gasteiger partial charge >= 0.3 is 12.4 Å². The van der Waals surface area contributed by atoms with E-state index in [9.17, 15) is 36.2 Å². The smallest absolute Gasteiger partial charge is 0.389 e. The van der Waals surface area contributed by atoms with E-state index in [2.05, 4.69) is 10.2 Å². The van der Waals surface area contributed by atoms with E-state index >= 15 is 0 Å². The molecule has 12 heteroatoms. The van der Waals surface area contributed by atoms with Crippen LogP contribution in [0, 0.1) is 5.41 Å². The van der Waals surface area contributed by atoms with Crippen molar-refractivity contribution >= 4 is 5.91 Å². The van der Waals surface area contributed by atoms with Crippen LogP contribution in [-0.2, 0) is 33.2 Å². The Morgan fingerprint density at radius 2 is 1.73 bits per heavy atom. The van der Waals surface area contributed by atoms with E-state index in [4.69, 9.17) is 9.47 Å². The fourth-order valence-electron chi connectivity index (χ4n) is 5.98. The van der Waals surface area contributed by atoms with Crippen LogP contribution < -0.4 is 5.32 Å². The number of hydrogen-bond acceptors (Lipinski definition) is 5. The summed E-state index contributed by atoms with van der Waals surface area (Å²) in [4.78, 5) is 15.8. The first-order valence-corrected chi connectivity index (χ1v) is 12.4. The molecule has 0 bridgehead atoms. The number of benzene rings is 1. The summed E-state index contributed by atoms with van der Waals surface area (Å²) in [5.74, 6) is -0.592. The van der Waals surface area contributed by atoms with Crippen molar-refractivity contribution < 1.29 is 45.7 Å². The van der Waals surface area contributed by atoms with Crippen LogP contribution in [0.2, 0.25) is 0 Å². The molecule has 0 aromatic heterocycles. The molecule has 1 saturated carbocycles. The first-order valence-electron chi connectivity index (χ1n) is 12.4. The SMILES string of the molecule is CC(C)(O)[C@]1(C(=O)NCc2cc(C(F)(F)F)cc(C(F)(F)F)c2)CCC(N2CCOC3COCCC32)C1. The minimum Gasteiger partial charge on any atom is -0.389 e. The maximum absolute atomic E-state index is 13.5. The van der Waals surface area contributed by atoms with Crippen molar-refractivity contribution in [2.75, 3.05) is 26.4 Å². The van der Waals surface area contributed by atoms with E-state index in [1.807, 2.05) is 0 Å². The van der Waals surface area contributed by atoms with Crippen molar-refractivity contribution in [2.24, 2.45) is 5.41 Å². The lowest BCUT2D eigenvalue weighted by molar-refractivity contribution is -0.153. The van der Waals surface area contributed by atoms with Crippen LogP contribution in [0.1, 0.15) is 56.2 Å². The van der Waals surface area contributed by atoms with E-state index in [-0.39, 0.29) is 29.8 Å². The summed E-state index contributed by atoms with van der Waals surface area (Å²) in [5, 5.41) is 13.6. The molecule has 4 rings (SSSR count). The quantitative estimate of drug-likeness (QED) is 0.552. The molecule has 3 unspecified atom stereocenters. The van der Waals surface area contributed by atoms with Gasteiger partial charge in [-0.05, 0) is 63.3 Å². The van der Waals surface area contributed by atoms with E-state index in [1.54, 1.807) is 0 Å². The Hall–Kier alpha value is -1.89. The number of aliphatic hydroxyl groups is 1. The van der Waals surface area contributed by atoms with Crippen molar-refractivity contribution in [1.29, 1.82) is 0 Å². The molecule has 1 aromatic carbocycles. The van der Waals surface area contributed by atoms with Crippen LogP contribution in [0.4, 0.5) is 26.3 Å². The molecule has 3 fully saturated rings. The predicted octanol–water partition coefficient (Wildman–Crippen LogP) is 4.14. The van der Waals surface area contributed by atoms with Crippen molar-refractivity contribution in [1.82, 2.24) is 10.2 Å². The van der Waals surface area contributed by atoms with Crippen molar-refractivity contribution in [3.8, 4) is 0 Å². The van der Waals surface area contributed by atoms with E-state index < -0.39 is 46.9 Å². The number of fused-ring (bicyclic) bond motifs is 1. The van der Waals surface area contributed by atoms with Crippen LogP contribution in [-0.4, -0.2) is 66.1 Å². The third-order valence-electron chi connectivity index (χ3n) is 8.04. The number of alkyl halides is 6. The van der Waals surface area contributed by atoms with Gasteiger partial charge in [-0.15, -0.1) is 0 Å². The summed E-state index contributed by atoms with van der Waals surface area (Å²) in [7, 11) is 0. The zero-order valence-electron chi connectivity index (χ0n) is 20.7. The summed E-state index contributed by atoms with van der Waals surface area (Å²) in [6, 6.07) is 1.35. The van der Waals surface area contributed by atoms with Gasteiger partial charge in [0.25, 0.3) is 0 Å². The largest absolute Gasteiger partial charge is 0.416 e. The van der Waals surface area contributed by atoms with Crippen molar-refractivity contribution in [2.45, 2.75) is 82.2 Å².